The number of carboxylic acids is 1. The predicted molar refractivity (Wildman–Crippen MR) is 63.9 cm³/mol. The van der Waals surface area contributed by atoms with Gasteiger partial charge in [-0.05, 0) is 23.8 Å². The number of carbonyl (C=O) groups is 1. The number of halogens is 1. The standard InChI is InChI=1S/C12H9FN4O2/c13-8-3-1-7(2-4-8)10-5-9(11(18)19)16-12-14-6-15-17(10)12/h1-6,10H,(H,18,19)(H,14,15,16). The molecular formula is C12H9FN4O2. The van der Waals surface area contributed by atoms with Gasteiger partial charge < -0.3 is 10.4 Å². The number of fused-ring (bicyclic) bond motifs is 1. The van der Waals surface area contributed by atoms with E-state index in [0.717, 1.165) is 5.56 Å². The van der Waals surface area contributed by atoms with E-state index >= 15 is 0 Å². The minimum atomic E-state index is -1.08. The van der Waals surface area contributed by atoms with E-state index < -0.39 is 12.0 Å². The first kappa shape index (κ1) is 11.4. The molecule has 0 aliphatic carbocycles. The Hall–Kier alpha value is -2.70. The molecule has 3 rings (SSSR count). The molecule has 0 bridgehead atoms. The van der Waals surface area contributed by atoms with Gasteiger partial charge in [0.25, 0.3) is 0 Å². The van der Waals surface area contributed by atoms with E-state index in [0.29, 0.717) is 5.95 Å². The number of benzene rings is 1. The summed E-state index contributed by atoms with van der Waals surface area (Å²) in [7, 11) is 0. The van der Waals surface area contributed by atoms with Gasteiger partial charge in [-0.3, -0.25) is 0 Å². The van der Waals surface area contributed by atoms with Crippen LogP contribution in [0.3, 0.4) is 0 Å². The molecule has 2 heterocycles. The Morgan fingerprint density at radius 3 is 2.79 bits per heavy atom. The molecule has 7 heteroatoms. The van der Waals surface area contributed by atoms with Crippen molar-refractivity contribution in [3.63, 3.8) is 0 Å². The van der Waals surface area contributed by atoms with Crippen LogP contribution in [-0.4, -0.2) is 25.8 Å². The van der Waals surface area contributed by atoms with Gasteiger partial charge in [-0.25, -0.2) is 13.9 Å². The first-order chi connectivity index (χ1) is 9.15. The topological polar surface area (TPSA) is 80.0 Å². The van der Waals surface area contributed by atoms with E-state index in [2.05, 4.69) is 15.4 Å². The number of aliphatic carboxylic acids is 1. The lowest BCUT2D eigenvalue weighted by Gasteiger charge is -2.22. The molecule has 1 aromatic heterocycles. The number of rotatable bonds is 2. The molecule has 1 atom stereocenters. The molecule has 1 aromatic carbocycles. The van der Waals surface area contributed by atoms with Crippen LogP contribution in [0.4, 0.5) is 10.3 Å². The van der Waals surface area contributed by atoms with Gasteiger partial charge >= 0.3 is 5.97 Å². The SMILES string of the molecule is O=C(O)C1=CC(c2ccc(F)cc2)n2ncnc2N1. The van der Waals surface area contributed by atoms with Crippen molar-refractivity contribution in [1.82, 2.24) is 14.8 Å². The number of anilines is 1. The van der Waals surface area contributed by atoms with Crippen LogP contribution < -0.4 is 5.32 Å². The third kappa shape index (κ3) is 1.95. The van der Waals surface area contributed by atoms with Crippen molar-refractivity contribution in [3.8, 4) is 0 Å². The maximum atomic E-state index is 12.9. The zero-order chi connectivity index (χ0) is 13.4. The Kier molecular flexibility index (Phi) is 2.52. The summed E-state index contributed by atoms with van der Waals surface area (Å²) in [4.78, 5) is 15.0. The number of hydrogen-bond acceptors (Lipinski definition) is 4. The van der Waals surface area contributed by atoms with E-state index in [-0.39, 0.29) is 11.5 Å². The van der Waals surface area contributed by atoms with Crippen LogP contribution in [0.2, 0.25) is 0 Å². The average Bonchev–Trinajstić information content (AvgIpc) is 2.86. The van der Waals surface area contributed by atoms with Gasteiger partial charge in [0, 0.05) is 0 Å². The van der Waals surface area contributed by atoms with E-state index in [1.54, 1.807) is 16.8 Å². The first-order valence-corrected chi connectivity index (χ1v) is 5.52. The molecule has 1 aliphatic rings. The predicted octanol–water partition coefficient (Wildman–Crippen LogP) is 1.40. The Balaban J connectivity index is 2.09. The summed E-state index contributed by atoms with van der Waals surface area (Å²) < 4.78 is 14.5. The van der Waals surface area contributed by atoms with E-state index in [1.165, 1.54) is 24.5 Å². The van der Waals surface area contributed by atoms with E-state index in [1.807, 2.05) is 0 Å². The highest BCUT2D eigenvalue weighted by Crippen LogP contribution is 2.28. The molecule has 0 spiro atoms. The summed E-state index contributed by atoms with van der Waals surface area (Å²) in [5, 5.41) is 15.8. The van der Waals surface area contributed by atoms with Crippen molar-refractivity contribution in [2.75, 3.05) is 5.32 Å². The molecule has 2 N–H and O–H groups in total. The highest BCUT2D eigenvalue weighted by Gasteiger charge is 2.25. The lowest BCUT2D eigenvalue weighted by molar-refractivity contribution is -0.132. The molecular weight excluding hydrogens is 251 g/mol. The third-order valence-corrected chi connectivity index (χ3v) is 2.85. The number of nitrogens with one attached hydrogen (secondary N) is 1. The summed E-state index contributed by atoms with van der Waals surface area (Å²) >= 11 is 0. The Morgan fingerprint density at radius 2 is 2.11 bits per heavy atom. The minimum absolute atomic E-state index is 0.0230. The maximum Gasteiger partial charge on any atom is 0.352 e. The van der Waals surface area contributed by atoms with Crippen LogP contribution in [0.1, 0.15) is 11.6 Å². The molecule has 0 amide bonds. The summed E-state index contributed by atoms with van der Waals surface area (Å²) in [5.41, 5.74) is 0.753. The van der Waals surface area contributed by atoms with Crippen molar-refractivity contribution in [3.05, 3.63) is 53.7 Å². The third-order valence-electron chi connectivity index (χ3n) is 2.85. The van der Waals surface area contributed by atoms with Crippen molar-refractivity contribution in [2.45, 2.75) is 6.04 Å². The van der Waals surface area contributed by atoms with Gasteiger partial charge in [-0.1, -0.05) is 12.1 Å². The monoisotopic (exact) mass is 260 g/mol. The molecule has 0 fully saturated rings. The fraction of sp³-hybridized carbons (Fsp3) is 0.0833. The molecule has 0 saturated heterocycles. The largest absolute Gasteiger partial charge is 0.477 e. The Bertz CT molecular complexity index is 663. The van der Waals surface area contributed by atoms with Crippen LogP contribution in [-0.2, 0) is 4.79 Å². The Morgan fingerprint density at radius 1 is 1.37 bits per heavy atom. The highest BCUT2D eigenvalue weighted by atomic mass is 19.1. The van der Waals surface area contributed by atoms with E-state index in [9.17, 15) is 9.18 Å². The van der Waals surface area contributed by atoms with Gasteiger partial charge in [0.1, 0.15) is 23.9 Å². The molecule has 1 aliphatic heterocycles. The summed E-state index contributed by atoms with van der Waals surface area (Å²) in [6.07, 6.45) is 2.84. The Labute approximate surface area is 107 Å². The van der Waals surface area contributed by atoms with Gasteiger partial charge in [-0.15, -0.1) is 0 Å². The van der Waals surface area contributed by atoms with E-state index in [4.69, 9.17) is 5.11 Å². The second-order valence-corrected chi connectivity index (χ2v) is 4.04. The van der Waals surface area contributed by atoms with Gasteiger partial charge in [-0.2, -0.15) is 10.1 Å². The van der Waals surface area contributed by atoms with Crippen LogP contribution in [0, 0.1) is 5.82 Å². The van der Waals surface area contributed by atoms with Gasteiger partial charge in [0.15, 0.2) is 0 Å². The molecule has 2 aromatic rings. The summed E-state index contributed by atoms with van der Waals surface area (Å²) in [6.45, 7) is 0. The zero-order valence-electron chi connectivity index (χ0n) is 9.62. The van der Waals surface area contributed by atoms with Gasteiger partial charge in [0.2, 0.25) is 5.95 Å². The van der Waals surface area contributed by atoms with Crippen molar-refractivity contribution < 1.29 is 14.3 Å². The number of hydrogen-bond donors (Lipinski definition) is 2. The second kappa shape index (κ2) is 4.20. The first-order valence-electron chi connectivity index (χ1n) is 5.52. The molecule has 1 unspecified atom stereocenters. The number of allylic oxidation sites excluding steroid dienone is 1. The lowest BCUT2D eigenvalue weighted by Crippen LogP contribution is -2.24. The molecule has 0 radical (unpaired) electrons. The normalized spacial score (nSPS) is 17.3. The molecule has 6 nitrogen and oxygen atoms in total. The minimum Gasteiger partial charge on any atom is -0.477 e. The number of carboxylic acid groups (broad SMARTS) is 1. The van der Waals surface area contributed by atoms with Crippen LogP contribution >= 0.6 is 0 Å². The maximum absolute atomic E-state index is 12.9. The zero-order valence-corrected chi connectivity index (χ0v) is 9.62. The van der Waals surface area contributed by atoms with Crippen LogP contribution in [0.25, 0.3) is 0 Å². The molecule has 0 saturated carbocycles. The molecule has 19 heavy (non-hydrogen) atoms. The fourth-order valence-electron chi connectivity index (χ4n) is 1.96. The summed E-state index contributed by atoms with van der Waals surface area (Å²) in [6, 6.07) is 5.40. The average molecular weight is 260 g/mol. The highest BCUT2D eigenvalue weighted by molar-refractivity contribution is 5.90. The summed E-state index contributed by atoms with van der Waals surface area (Å²) in [5.74, 6) is -1.09. The number of nitrogens with zero attached hydrogens (tertiary/aromatic N) is 3. The van der Waals surface area contributed by atoms with Crippen molar-refractivity contribution >= 4 is 11.9 Å². The van der Waals surface area contributed by atoms with Crippen molar-refractivity contribution in [1.29, 1.82) is 0 Å². The van der Waals surface area contributed by atoms with Crippen molar-refractivity contribution in [2.24, 2.45) is 0 Å². The smallest absolute Gasteiger partial charge is 0.352 e. The van der Waals surface area contributed by atoms with Crippen LogP contribution in [0.15, 0.2) is 42.4 Å². The number of aromatic nitrogens is 3. The fourth-order valence-corrected chi connectivity index (χ4v) is 1.96. The second-order valence-electron chi connectivity index (χ2n) is 4.04. The molecule has 96 valence electrons. The quantitative estimate of drug-likeness (QED) is 0.853. The van der Waals surface area contributed by atoms with Gasteiger partial charge in [0.05, 0.1) is 0 Å². The van der Waals surface area contributed by atoms with Crippen LogP contribution in [0.5, 0.6) is 0 Å². The lowest BCUT2D eigenvalue weighted by atomic mass is 10.0.